The smallest absolute Gasteiger partial charge is 0.0858 e. The molecular weight excluding hydrogens is 200 g/mol. The Morgan fingerprint density at radius 3 is 2.50 bits per heavy atom. The second-order valence-electron chi connectivity index (χ2n) is 4.09. The van der Waals surface area contributed by atoms with Crippen LogP contribution in [0.15, 0.2) is 43.0 Å². The van der Waals surface area contributed by atoms with E-state index < -0.39 is 6.10 Å². The van der Waals surface area contributed by atoms with Gasteiger partial charge < -0.3 is 9.84 Å². The SMILES string of the molecule is C=C[C@H](C)[C@@H](O)[C@@H](C)OCc1ccccc1. The number of ether oxygens (including phenoxy) is 1. The molecule has 0 radical (unpaired) electrons. The molecule has 0 spiro atoms. The van der Waals surface area contributed by atoms with E-state index in [1.165, 1.54) is 0 Å². The molecule has 16 heavy (non-hydrogen) atoms. The summed E-state index contributed by atoms with van der Waals surface area (Å²) >= 11 is 0. The van der Waals surface area contributed by atoms with Gasteiger partial charge in [0.25, 0.3) is 0 Å². The maximum absolute atomic E-state index is 9.87. The molecule has 2 heteroatoms. The van der Waals surface area contributed by atoms with Gasteiger partial charge in [-0.05, 0) is 12.5 Å². The summed E-state index contributed by atoms with van der Waals surface area (Å²) in [5.74, 6) is 0.0470. The summed E-state index contributed by atoms with van der Waals surface area (Å²) in [5, 5.41) is 9.87. The third-order valence-corrected chi connectivity index (χ3v) is 2.75. The van der Waals surface area contributed by atoms with Crippen molar-refractivity contribution in [1.29, 1.82) is 0 Å². The second kappa shape index (κ2) is 6.46. The van der Waals surface area contributed by atoms with Gasteiger partial charge in [0.15, 0.2) is 0 Å². The topological polar surface area (TPSA) is 29.5 Å². The van der Waals surface area contributed by atoms with E-state index in [-0.39, 0.29) is 12.0 Å². The van der Waals surface area contributed by atoms with Gasteiger partial charge in [-0.3, -0.25) is 0 Å². The fourth-order valence-corrected chi connectivity index (χ4v) is 1.47. The highest BCUT2D eigenvalue weighted by Gasteiger charge is 2.19. The lowest BCUT2D eigenvalue weighted by molar-refractivity contribution is -0.0487. The summed E-state index contributed by atoms with van der Waals surface area (Å²) in [7, 11) is 0. The lowest BCUT2D eigenvalue weighted by Gasteiger charge is -2.22. The first-order valence-electron chi connectivity index (χ1n) is 5.61. The summed E-state index contributed by atoms with van der Waals surface area (Å²) in [6.07, 6.45) is 1.06. The quantitative estimate of drug-likeness (QED) is 0.747. The highest BCUT2D eigenvalue weighted by atomic mass is 16.5. The highest BCUT2D eigenvalue weighted by Crippen LogP contribution is 2.12. The van der Waals surface area contributed by atoms with Crippen LogP contribution in [-0.2, 0) is 11.3 Å². The fraction of sp³-hybridized carbons (Fsp3) is 0.429. The lowest BCUT2D eigenvalue weighted by atomic mass is 10.0. The Morgan fingerprint density at radius 1 is 1.31 bits per heavy atom. The number of benzene rings is 1. The largest absolute Gasteiger partial charge is 0.390 e. The summed E-state index contributed by atoms with van der Waals surface area (Å²) < 4.78 is 5.62. The first kappa shape index (κ1) is 12.9. The summed E-state index contributed by atoms with van der Waals surface area (Å²) in [6.45, 7) is 8.01. The summed E-state index contributed by atoms with van der Waals surface area (Å²) in [6, 6.07) is 9.95. The van der Waals surface area contributed by atoms with Crippen molar-refractivity contribution in [3.8, 4) is 0 Å². The molecule has 0 saturated carbocycles. The van der Waals surface area contributed by atoms with Crippen molar-refractivity contribution < 1.29 is 9.84 Å². The third-order valence-electron chi connectivity index (χ3n) is 2.75. The van der Waals surface area contributed by atoms with E-state index in [0.717, 1.165) is 5.56 Å². The Labute approximate surface area is 97.6 Å². The van der Waals surface area contributed by atoms with Gasteiger partial charge in [0.1, 0.15) is 0 Å². The molecule has 1 aromatic rings. The van der Waals surface area contributed by atoms with Gasteiger partial charge in [-0.2, -0.15) is 0 Å². The van der Waals surface area contributed by atoms with Gasteiger partial charge in [-0.15, -0.1) is 6.58 Å². The van der Waals surface area contributed by atoms with Crippen LogP contribution in [0.1, 0.15) is 19.4 Å². The number of rotatable bonds is 6. The Hall–Kier alpha value is -1.12. The number of aliphatic hydroxyl groups is 1. The molecule has 3 atom stereocenters. The Kier molecular flexibility index (Phi) is 5.23. The van der Waals surface area contributed by atoms with Crippen molar-refractivity contribution in [3.05, 3.63) is 48.6 Å². The van der Waals surface area contributed by atoms with Crippen LogP contribution in [0.2, 0.25) is 0 Å². The van der Waals surface area contributed by atoms with E-state index in [1.54, 1.807) is 6.08 Å². The van der Waals surface area contributed by atoms with Gasteiger partial charge in [0.05, 0.1) is 18.8 Å². The predicted octanol–water partition coefficient (Wildman–Crippen LogP) is 2.77. The molecule has 0 bridgehead atoms. The van der Waals surface area contributed by atoms with Crippen LogP contribution in [0.25, 0.3) is 0 Å². The monoisotopic (exact) mass is 220 g/mol. The van der Waals surface area contributed by atoms with E-state index in [2.05, 4.69) is 6.58 Å². The van der Waals surface area contributed by atoms with E-state index in [0.29, 0.717) is 6.61 Å². The molecule has 0 aliphatic carbocycles. The Bertz CT molecular complexity index is 308. The first-order chi connectivity index (χ1) is 7.65. The van der Waals surface area contributed by atoms with Crippen molar-refractivity contribution in [1.82, 2.24) is 0 Å². The van der Waals surface area contributed by atoms with Crippen LogP contribution in [0.4, 0.5) is 0 Å². The van der Waals surface area contributed by atoms with Crippen molar-refractivity contribution in [3.63, 3.8) is 0 Å². The van der Waals surface area contributed by atoms with Gasteiger partial charge in [0, 0.05) is 5.92 Å². The van der Waals surface area contributed by atoms with Crippen LogP contribution >= 0.6 is 0 Å². The maximum atomic E-state index is 9.87. The molecule has 0 fully saturated rings. The number of aliphatic hydroxyl groups excluding tert-OH is 1. The predicted molar refractivity (Wildman–Crippen MR) is 66.1 cm³/mol. The first-order valence-corrected chi connectivity index (χ1v) is 5.61. The van der Waals surface area contributed by atoms with Crippen LogP contribution in [0.3, 0.4) is 0 Å². The molecular formula is C14H20O2. The minimum Gasteiger partial charge on any atom is -0.390 e. The van der Waals surface area contributed by atoms with Crippen molar-refractivity contribution in [2.45, 2.75) is 32.7 Å². The van der Waals surface area contributed by atoms with Crippen molar-refractivity contribution in [2.24, 2.45) is 5.92 Å². The highest BCUT2D eigenvalue weighted by molar-refractivity contribution is 5.13. The van der Waals surface area contributed by atoms with Gasteiger partial charge >= 0.3 is 0 Å². The average molecular weight is 220 g/mol. The van der Waals surface area contributed by atoms with Crippen LogP contribution in [-0.4, -0.2) is 17.3 Å². The minimum atomic E-state index is -0.499. The van der Waals surface area contributed by atoms with Crippen LogP contribution < -0.4 is 0 Å². The molecule has 0 amide bonds. The van der Waals surface area contributed by atoms with Crippen LogP contribution in [0, 0.1) is 5.92 Å². The minimum absolute atomic E-state index is 0.0470. The number of hydrogen-bond acceptors (Lipinski definition) is 2. The molecule has 88 valence electrons. The molecule has 1 rings (SSSR count). The Morgan fingerprint density at radius 2 is 1.94 bits per heavy atom. The van der Waals surface area contributed by atoms with Crippen LogP contribution in [0.5, 0.6) is 0 Å². The lowest BCUT2D eigenvalue weighted by Crippen LogP contribution is -2.31. The van der Waals surface area contributed by atoms with Gasteiger partial charge in [-0.1, -0.05) is 43.3 Å². The average Bonchev–Trinajstić information content (AvgIpc) is 2.35. The van der Waals surface area contributed by atoms with Crippen molar-refractivity contribution in [2.75, 3.05) is 0 Å². The van der Waals surface area contributed by atoms with E-state index in [9.17, 15) is 5.11 Å². The summed E-state index contributed by atoms with van der Waals surface area (Å²) in [4.78, 5) is 0. The molecule has 0 aliphatic heterocycles. The molecule has 0 aliphatic rings. The fourth-order valence-electron chi connectivity index (χ4n) is 1.47. The van der Waals surface area contributed by atoms with Crippen molar-refractivity contribution >= 4 is 0 Å². The molecule has 0 unspecified atom stereocenters. The van der Waals surface area contributed by atoms with E-state index in [1.807, 2.05) is 44.2 Å². The zero-order valence-corrected chi connectivity index (χ0v) is 9.97. The zero-order valence-electron chi connectivity index (χ0n) is 9.97. The molecule has 1 N–H and O–H groups in total. The van der Waals surface area contributed by atoms with Gasteiger partial charge in [-0.25, -0.2) is 0 Å². The molecule has 2 nitrogen and oxygen atoms in total. The maximum Gasteiger partial charge on any atom is 0.0858 e. The summed E-state index contributed by atoms with van der Waals surface area (Å²) in [5.41, 5.74) is 1.12. The van der Waals surface area contributed by atoms with E-state index in [4.69, 9.17) is 4.74 Å². The normalized spacial score (nSPS) is 16.4. The standard InChI is InChI=1S/C14H20O2/c1-4-11(2)14(15)12(3)16-10-13-8-6-5-7-9-13/h4-9,11-12,14-15H,1,10H2,2-3H3/t11-,12+,14+/m0/s1. The third kappa shape index (κ3) is 3.80. The second-order valence-corrected chi connectivity index (χ2v) is 4.09. The molecule has 0 heterocycles. The zero-order chi connectivity index (χ0) is 12.0. The number of hydrogen-bond donors (Lipinski definition) is 1. The molecule has 1 aromatic carbocycles. The van der Waals surface area contributed by atoms with E-state index >= 15 is 0 Å². The van der Waals surface area contributed by atoms with Gasteiger partial charge in [0.2, 0.25) is 0 Å². The molecule has 0 saturated heterocycles. The Balaban J connectivity index is 2.40. The molecule has 0 aromatic heterocycles.